The number of sulfonamides is 1. The molecule has 0 aliphatic rings. The molecule has 0 aromatic heterocycles. The van der Waals surface area contributed by atoms with E-state index in [0.717, 1.165) is 11.6 Å². The number of anilines is 1. The lowest BCUT2D eigenvalue weighted by Gasteiger charge is -2.13. The summed E-state index contributed by atoms with van der Waals surface area (Å²) in [6.45, 7) is 4.96. The van der Waals surface area contributed by atoms with Crippen LogP contribution < -0.4 is 4.72 Å². The molecule has 0 fully saturated rings. The number of rotatable bonds is 5. The minimum Gasteiger partial charge on any atom is -0.478 e. The number of aliphatic carboxylic acids is 1. The fraction of sp³-hybridized carbons (Fsp3) is 0.308. The first kappa shape index (κ1) is 15.2. The molecule has 0 heterocycles. The van der Waals surface area contributed by atoms with Crippen LogP contribution >= 0.6 is 0 Å². The molecule has 0 atom stereocenters. The van der Waals surface area contributed by atoms with Gasteiger partial charge in [-0.05, 0) is 50.1 Å². The smallest absolute Gasteiger partial charge is 0.328 e. The third-order valence-electron chi connectivity index (χ3n) is 2.54. The van der Waals surface area contributed by atoms with Crippen LogP contribution in [0, 0.1) is 6.92 Å². The Bertz CT molecular complexity index is 603. The van der Waals surface area contributed by atoms with Gasteiger partial charge >= 0.3 is 5.97 Å². The van der Waals surface area contributed by atoms with Gasteiger partial charge in [-0.15, -0.1) is 0 Å². The van der Waals surface area contributed by atoms with Crippen molar-refractivity contribution in [3.05, 3.63) is 35.4 Å². The molecule has 0 saturated heterocycles. The van der Waals surface area contributed by atoms with Gasteiger partial charge in [-0.3, -0.25) is 4.72 Å². The number of carboxylic acids is 1. The summed E-state index contributed by atoms with van der Waals surface area (Å²) in [7, 11) is -3.37. The Labute approximate surface area is 113 Å². The van der Waals surface area contributed by atoms with Gasteiger partial charge in [0.2, 0.25) is 10.0 Å². The fourth-order valence-corrected chi connectivity index (χ4v) is 2.11. The summed E-state index contributed by atoms with van der Waals surface area (Å²) >= 11 is 0. The minimum atomic E-state index is -3.37. The van der Waals surface area contributed by atoms with Crippen LogP contribution in [0.4, 0.5) is 5.69 Å². The lowest BCUT2D eigenvalue weighted by Crippen LogP contribution is -2.22. The topological polar surface area (TPSA) is 83.5 Å². The van der Waals surface area contributed by atoms with Gasteiger partial charge in [0.25, 0.3) is 0 Å². The highest BCUT2D eigenvalue weighted by molar-refractivity contribution is 7.93. The van der Waals surface area contributed by atoms with Crippen LogP contribution in [0.15, 0.2) is 24.3 Å². The Kier molecular flexibility index (Phi) is 4.72. The number of carbonyl (C=O) groups is 1. The predicted octanol–water partition coefficient (Wildman–Crippen LogP) is 2.24. The molecule has 0 spiro atoms. The maximum atomic E-state index is 11.7. The Morgan fingerprint density at radius 1 is 1.37 bits per heavy atom. The van der Waals surface area contributed by atoms with Gasteiger partial charge in [0.1, 0.15) is 0 Å². The Balaban J connectivity index is 2.99. The highest BCUT2D eigenvalue weighted by Gasteiger charge is 2.16. The summed E-state index contributed by atoms with van der Waals surface area (Å²) in [4.78, 5) is 10.4. The Morgan fingerprint density at radius 2 is 2.00 bits per heavy atom. The van der Waals surface area contributed by atoms with E-state index in [4.69, 9.17) is 5.11 Å². The molecule has 0 radical (unpaired) electrons. The second-order valence-electron chi connectivity index (χ2n) is 4.44. The van der Waals surface area contributed by atoms with E-state index >= 15 is 0 Å². The van der Waals surface area contributed by atoms with Gasteiger partial charge in [-0.1, -0.05) is 6.07 Å². The van der Waals surface area contributed by atoms with Crippen LogP contribution in [0.25, 0.3) is 6.08 Å². The molecule has 1 aromatic rings. The van der Waals surface area contributed by atoms with Crippen LogP contribution in [0.3, 0.4) is 0 Å². The summed E-state index contributed by atoms with van der Waals surface area (Å²) in [6, 6.07) is 5.00. The van der Waals surface area contributed by atoms with E-state index in [1.54, 1.807) is 39.0 Å². The van der Waals surface area contributed by atoms with Crippen molar-refractivity contribution in [3.8, 4) is 0 Å². The number of benzene rings is 1. The maximum Gasteiger partial charge on any atom is 0.328 e. The van der Waals surface area contributed by atoms with Crippen molar-refractivity contribution in [2.24, 2.45) is 0 Å². The molecule has 0 amide bonds. The number of hydrogen-bond donors (Lipinski definition) is 2. The van der Waals surface area contributed by atoms with Crippen molar-refractivity contribution in [1.29, 1.82) is 0 Å². The number of carboxylic acid groups (broad SMARTS) is 1. The molecule has 0 aliphatic carbocycles. The zero-order chi connectivity index (χ0) is 14.6. The number of aryl methyl sites for hydroxylation is 1. The molecule has 1 aromatic carbocycles. The first-order valence-electron chi connectivity index (χ1n) is 5.75. The standard InChI is InChI=1S/C13H17NO4S/c1-9(2)19(17,18)14-12-6-4-11(8-10(12)3)5-7-13(15)16/h4-9,14H,1-3H3,(H,15,16)/b7-5+. The number of nitrogens with one attached hydrogen (secondary N) is 1. The molecule has 6 heteroatoms. The summed E-state index contributed by atoms with van der Waals surface area (Å²) in [5.41, 5.74) is 1.94. The van der Waals surface area contributed by atoms with Crippen molar-refractivity contribution in [2.45, 2.75) is 26.0 Å². The van der Waals surface area contributed by atoms with Crippen molar-refractivity contribution in [3.63, 3.8) is 0 Å². The average Bonchev–Trinajstić information content (AvgIpc) is 2.29. The van der Waals surface area contributed by atoms with Crippen molar-refractivity contribution in [1.82, 2.24) is 0 Å². The van der Waals surface area contributed by atoms with Gasteiger partial charge in [0.15, 0.2) is 0 Å². The van der Waals surface area contributed by atoms with E-state index < -0.39 is 21.2 Å². The molecule has 2 N–H and O–H groups in total. The van der Waals surface area contributed by atoms with E-state index in [2.05, 4.69) is 4.72 Å². The van der Waals surface area contributed by atoms with Gasteiger partial charge in [0, 0.05) is 6.08 Å². The molecule has 104 valence electrons. The molecule has 0 bridgehead atoms. The Morgan fingerprint density at radius 3 is 2.47 bits per heavy atom. The van der Waals surface area contributed by atoms with Crippen LogP contribution in [0.5, 0.6) is 0 Å². The Hall–Kier alpha value is -1.82. The molecular weight excluding hydrogens is 266 g/mol. The van der Waals surface area contributed by atoms with Crippen LogP contribution in [-0.2, 0) is 14.8 Å². The van der Waals surface area contributed by atoms with Gasteiger partial charge in [-0.2, -0.15) is 0 Å². The van der Waals surface area contributed by atoms with Crippen molar-refractivity contribution < 1.29 is 18.3 Å². The van der Waals surface area contributed by atoms with Crippen molar-refractivity contribution in [2.75, 3.05) is 4.72 Å². The fourth-order valence-electron chi connectivity index (χ4n) is 1.34. The molecule has 1 rings (SSSR count). The molecule has 0 unspecified atom stereocenters. The van der Waals surface area contributed by atoms with E-state index in [-0.39, 0.29) is 0 Å². The third kappa shape index (κ3) is 4.40. The molecule has 5 nitrogen and oxygen atoms in total. The minimum absolute atomic E-state index is 0.501. The second-order valence-corrected chi connectivity index (χ2v) is 6.68. The summed E-state index contributed by atoms with van der Waals surface area (Å²) in [5, 5.41) is 8.02. The number of hydrogen-bond acceptors (Lipinski definition) is 3. The average molecular weight is 283 g/mol. The van der Waals surface area contributed by atoms with E-state index in [0.29, 0.717) is 11.3 Å². The second kappa shape index (κ2) is 5.88. The van der Waals surface area contributed by atoms with Crippen LogP contribution in [0.2, 0.25) is 0 Å². The predicted molar refractivity (Wildman–Crippen MR) is 75.5 cm³/mol. The van der Waals surface area contributed by atoms with Crippen molar-refractivity contribution >= 4 is 27.8 Å². The highest BCUT2D eigenvalue weighted by atomic mass is 32.2. The van der Waals surface area contributed by atoms with Gasteiger partial charge in [0.05, 0.1) is 10.9 Å². The first-order valence-corrected chi connectivity index (χ1v) is 7.30. The lowest BCUT2D eigenvalue weighted by atomic mass is 10.1. The monoisotopic (exact) mass is 283 g/mol. The third-order valence-corrected chi connectivity index (χ3v) is 4.29. The normalized spacial score (nSPS) is 12.0. The summed E-state index contributed by atoms with van der Waals surface area (Å²) < 4.78 is 26.0. The lowest BCUT2D eigenvalue weighted by molar-refractivity contribution is -0.131. The highest BCUT2D eigenvalue weighted by Crippen LogP contribution is 2.19. The van der Waals surface area contributed by atoms with Crippen LogP contribution in [-0.4, -0.2) is 24.7 Å². The summed E-state index contributed by atoms with van der Waals surface area (Å²) in [5.74, 6) is -1.03. The largest absolute Gasteiger partial charge is 0.478 e. The molecular formula is C13H17NO4S. The van der Waals surface area contributed by atoms with Gasteiger partial charge in [-0.25, -0.2) is 13.2 Å². The summed E-state index contributed by atoms with van der Waals surface area (Å²) in [6.07, 6.45) is 2.49. The van der Waals surface area contributed by atoms with Gasteiger partial charge < -0.3 is 5.11 Å². The SMILES string of the molecule is Cc1cc(/C=C/C(=O)O)ccc1NS(=O)(=O)C(C)C. The zero-order valence-electron chi connectivity index (χ0n) is 11.0. The molecule has 0 saturated carbocycles. The molecule has 0 aliphatic heterocycles. The first-order chi connectivity index (χ1) is 8.72. The quantitative estimate of drug-likeness (QED) is 0.812. The molecule has 19 heavy (non-hydrogen) atoms. The van der Waals surface area contributed by atoms with E-state index in [9.17, 15) is 13.2 Å². The zero-order valence-corrected chi connectivity index (χ0v) is 11.9. The van der Waals surface area contributed by atoms with E-state index in [1.807, 2.05) is 0 Å². The van der Waals surface area contributed by atoms with Crippen LogP contribution in [0.1, 0.15) is 25.0 Å². The maximum absolute atomic E-state index is 11.7. The van der Waals surface area contributed by atoms with E-state index in [1.165, 1.54) is 6.08 Å².